The maximum Gasteiger partial charge on any atom is 0.409 e. The summed E-state index contributed by atoms with van der Waals surface area (Å²) in [6.45, 7) is 8.32. The molecule has 0 aliphatic carbocycles. The molecule has 1 N–H and O–H groups in total. The number of likely N-dealkylation sites (tertiary alicyclic amines) is 1. The molecule has 4 heteroatoms. The molecule has 100 valence electrons. The predicted molar refractivity (Wildman–Crippen MR) is 69.0 cm³/mol. The molecule has 1 rings (SSSR count). The number of rotatable bonds is 2. The molecular formula is C13H26N2O2. The molecule has 0 aromatic rings. The van der Waals surface area contributed by atoms with Gasteiger partial charge in [-0.15, -0.1) is 0 Å². The summed E-state index contributed by atoms with van der Waals surface area (Å²) in [6.07, 6.45) is 2.07. The Morgan fingerprint density at radius 1 is 1.41 bits per heavy atom. The van der Waals surface area contributed by atoms with Gasteiger partial charge in [0.25, 0.3) is 0 Å². The summed E-state index contributed by atoms with van der Waals surface area (Å²) in [4.78, 5) is 13.4. The van der Waals surface area contributed by atoms with Gasteiger partial charge in [-0.3, -0.25) is 0 Å². The van der Waals surface area contributed by atoms with Crippen LogP contribution in [-0.4, -0.2) is 44.3 Å². The van der Waals surface area contributed by atoms with Crippen LogP contribution < -0.4 is 5.32 Å². The summed E-state index contributed by atoms with van der Waals surface area (Å²) in [5.41, 5.74) is 0.308. The number of hydrogen-bond acceptors (Lipinski definition) is 3. The lowest BCUT2D eigenvalue weighted by Gasteiger charge is -2.39. The average molecular weight is 242 g/mol. The zero-order valence-corrected chi connectivity index (χ0v) is 11.7. The van der Waals surface area contributed by atoms with E-state index in [1.54, 1.807) is 0 Å². The largest absolute Gasteiger partial charge is 0.453 e. The quantitative estimate of drug-likeness (QED) is 0.806. The highest BCUT2D eigenvalue weighted by molar-refractivity contribution is 5.67. The fourth-order valence-corrected chi connectivity index (χ4v) is 2.70. The standard InChI is InChI=1S/C13H26N2O2/c1-13(2,3)7-10-6-11(14-4)9-15(8-10)12(16)17-5/h10-11,14H,6-9H2,1-5H3. The van der Waals surface area contributed by atoms with E-state index in [4.69, 9.17) is 4.74 Å². The molecule has 4 nitrogen and oxygen atoms in total. The second-order valence-electron chi connectivity index (χ2n) is 6.23. The number of ether oxygens (including phenoxy) is 1. The van der Waals surface area contributed by atoms with E-state index in [-0.39, 0.29) is 6.09 Å². The summed E-state index contributed by atoms with van der Waals surface area (Å²) < 4.78 is 4.82. The van der Waals surface area contributed by atoms with E-state index in [0.717, 1.165) is 25.9 Å². The summed E-state index contributed by atoms with van der Waals surface area (Å²) in [6, 6.07) is 0.384. The second kappa shape index (κ2) is 5.71. The predicted octanol–water partition coefficient (Wildman–Crippen LogP) is 2.10. The molecule has 0 saturated carbocycles. The molecule has 0 aromatic carbocycles. The highest BCUT2D eigenvalue weighted by Crippen LogP contribution is 2.30. The Balaban J connectivity index is 2.63. The van der Waals surface area contributed by atoms with Gasteiger partial charge in [0, 0.05) is 19.1 Å². The molecule has 1 aliphatic heterocycles. The molecule has 0 bridgehead atoms. The van der Waals surface area contributed by atoms with Gasteiger partial charge >= 0.3 is 6.09 Å². The lowest BCUT2D eigenvalue weighted by molar-refractivity contribution is 0.0821. The van der Waals surface area contributed by atoms with Gasteiger partial charge in [-0.2, -0.15) is 0 Å². The number of nitrogens with one attached hydrogen (secondary N) is 1. The normalized spacial score (nSPS) is 25.8. The van der Waals surface area contributed by atoms with Crippen LogP contribution in [-0.2, 0) is 4.74 Å². The van der Waals surface area contributed by atoms with E-state index in [0.29, 0.717) is 17.4 Å². The molecule has 1 saturated heterocycles. The van der Waals surface area contributed by atoms with Crippen LogP contribution in [0.25, 0.3) is 0 Å². The number of methoxy groups -OCH3 is 1. The van der Waals surface area contributed by atoms with E-state index in [1.165, 1.54) is 7.11 Å². The van der Waals surface area contributed by atoms with Gasteiger partial charge in [-0.1, -0.05) is 20.8 Å². The first-order valence-electron chi connectivity index (χ1n) is 6.36. The lowest BCUT2D eigenvalue weighted by Crippen LogP contribution is -2.51. The molecule has 0 radical (unpaired) electrons. The van der Waals surface area contributed by atoms with Crippen molar-refractivity contribution in [1.29, 1.82) is 0 Å². The Bertz CT molecular complexity index is 261. The van der Waals surface area contributed by atoms with Crippen LogP contribution >= 0.6 is 0 Å². The lowest BCUT2D eigenvalue weighted by atomic mass is 9.80. The van der Waals surface area contributed by atoms with Crippen LogP contribution in [0.15, 0.2) is 0 Å². The smallest absolute Gasteiger partial charge is 0.409 e. The molecular weight excluding hydrogens is 216 g/mol. The van der Waals surface area contributed by atoms with E-state index in [9.17, 15) is 4.79 Å². The third-order valence-corrected chi connectivity index (χ3v) is 3.28. The average Bonchev–Trinajstić information content (AvgIpc) is 2.25. The van der Waals surface area contributed by atoms with Crippen molar-refractivity contribution >= 4 is 6.09 Å². The number of piperidine rings is 1. The summed E-state index contributed by atoms with van der Waals surface area (Å²) in [7, 11) is 3.41. The van der Waals surface area contributed by atoms with Gasteiger partial charge in [0.05, 0.1) is 7.11 Å². The molecule has 0 spiro atoms. The fraction of sp³-hybridized carbons (Fsp3) is 0.923. The molecule has 1 fully saturated rings. The van der Waals surface area contributed by atoms with Crippen molar-refractivity contribution in [3.05, 3.63) is 0 Å². The van der Waals surface area contributed by atoms with E-state index in [1.807, 2.05) is 11.9 Å². The fourth-order valence-electron chi connectivity index (χ4n) is 2.70. The number of carbonyl (C=O) groups excluding carboxylic acids is 1. The van der Waals surface area contributed by atoms with Crippen LogP contribution in [0.4, 0.5) is 4.79 Å². The molecule has 1 aliphatic rings. The second-order valence-corrected chi connectivity index (χ2v) is 6.23. The van der Waals surface area contributed by atoms with Crippen LogP contribution in [0.1, 0.15) is 33.6 Å². The SMILES string of the molecule is CNC1CC(CC(C)(C)C)CN(C(=O)OC)C1. The third-order valence-electron chi connectivity index (χ3n) is 3.28. The Kier molecular flexibility index (Phi) is 4.80. The first kappa shape index (κ1) is 14.3. The minimum atomic E-state index is -0.205. The van der Waals surface area contributed by atoms with Crippen LogP contribution in [0, 0.1) is 11.3 Å². The van der Waals surface area contributed by atoms with Crippen LogP contribution in [0.2, 0.25) is 0 Å². The van der Waals surface area contributed by atoms with Gasteiger partial charge in [-0.25, -0.2) is 4.79 Å². The summed E-state index contributed by atoms with van der Waals surface area (Å²) >= 11 is 0. The van der Waals surface area contributed by atoms with Crippen molar-refractivity contribution in [1.82, 2.24) is 10.2 Å². The zero-order valence-electron chi connectivity index (χ0n) is 11.7. The molecule has 0 aromatic heterocycles. The van der Waals surface area contributed by atoms with Gasteiger partial charge in [0.2, 0.25) is 0 Å². The molecule has 2 unspecified atom stereocenters. The van der Waals surface area contributed by atoms with Crippen LogP contribution in [0.3, 0.4) is 0 Å². The summed E-state index contributed by atoms with van der Waals surface area (Å²) in [5, 5.41) is 3.28. The van der Waals surface area contributed by atoms with Gasteiger partial charge in [-0.05, 0) is 31.2 Å². The Morgan fingerprint density at radius 2 is 2.06 bits per heavy atom. The highest BCUT2D eigenvalue weighted by atomic mass is 16.5. The number of likely N-dealkylation sites (N-methyl/N-ethyl adjacent to an activating group) is 1. The van der Waals surface area contributed by atoms with Crippen molar-refractivity contribution in [3.63, 3.8) is 0 Å². The maximum absolute atomic E-state index is 11.6. The van der Waals surface area contributed by atoms with Crippen molar-refractivity contribution in [2.24, 2.45) is 11.3 Å². The Labute approximate surface area is 105 Å². The first-order valence-corrected chi connectivity index (χ1v) is 6.36. The maximum atomic E-state index is 11.6. The van der Waals surface area contributed by atoms with Gasteiger partial charge < -0.3 is 15.0 Å². The van der Waals surface area contributed by atoms with Crippen molar-refractivity contribution in [2.75, 3.05) is 27.2 Å². The van der Waals surface area contributed by atoms with E-state index < -0.39 is 0 Å². The number of amides is 1. The van der Waals surface area contributed by atoms with Crippen molar-refractivity contribution in [3.8, 4) is 0 Å². The van der Waals surface area contributed by atoms with E-state index in [2.05, 4.69) is 26.1 Å². The zero-order chi connectivity index (χ0) is 13.1. The minimum Gasteiger partial charge on any atom is -0.453 e. The number of nitrogens with zero attached hydrogens (tertiary/aromatic N) is 1. The van der Waals surface area contributed by atoms with Crippen molar-refractivity contribution < 1.29 is 9.53 Å². The minimum absolute atomic E-state index is 0.205. The molecule has 1 heterocycles. The van der Waals surface area contributed by atoms with Crippen LogP contribution in [0.5, 0.6) is 0 Å². The van der Waals surface area contributed by atoms with E-state index >= 15 is 0 Å². The first-order chi connectivity index (χ1) is 7.85. The number of hydrogen-bond donors (Lipinski definition) is 1. The Hall–Kier alpha value is -0.770. The molecule has 17 heavy (non-hydrogen) atoms. The van der Waals surface area contributed by atoms with Gasteiger partial charge in [0.15, 0.2) is 0 Å². The Morgan fingerprint density at radius 3 is 2.53 bits per heavy atom. The number of carbonyl (C=O) groups is 1. The third kappa shape index (κ3) is 4.54. The summed E-state index contributed by atoms with van der Waals surface area (Å²) in [5.74, 6) is 0.556. The highest BCUT2D eigenvalue weighted by Gasteiger charge is 2.31. The topological polar surface area (TPSA) is 41.6 Å². The molecule has 1 amide bonds. The van der Waals surface area contributed by atoms with Crippen molar-refractivity contribution in [2.45, 2.75) is 39.7 Å². The molecule has 2 atom stereocenters. The monoisotopic (exact) mass is 242 g/mol. The van der Waals surface area contributed by atoms with Gasteiger partial charge in [0.1, 0.15) is 0 Å².